The standard InChI is InChI=1S/C28H34N2O3/c31-25-10-9-21-20-6-3-7-22(20)28(32)33-27(21)23(25)16-30-12-4-5-17-13-18-14-19(26(17)30)15-29-11-2-1-8-24(18)29/h9-10,13,18-19,24,26,31H,1-8,11-12,14-16H2. The van der Waals surface area contributed by atoms with Crippen molar-refractivity contribution in [1.29, 1.82) is 0 Å². The summed E-state index contributed by atoms with van der Waals surface area (Å²) in [5, 5.41) is 11.9. The van der Waals surface area contributed by atoms with Gasteiger partial charge >= 0.3 is 5.63 Å². The minimum Gasteiger partial charge on any atom is -0.507 e. The molecule has 174 valence electrons. The Morgan fingerprint density at radius 2 is 1.94 bits per heavy atom. The molecule has 3 aliphatic heterocycles. The maximum absolute atomic E-state index is 12.7. The molecule has 33 heavy (non-hydrogen) atoms. The van der Waals surface area contributed by atoms with E-state index in [0.29, 0.717) is 24.1 Å². The number of phenolic OH excluding ortho intramolecular Hbond substituents is 1. The molecule has 7 rings (SSSR count). The average molecular weight is 447 g/mol. The van der Waals surface area contributed by atoms with E-state index in [0.717, 1.165) is 59.8 Å². The third-order valence-electron chi connectivity index (χ3n) is 9.34. The van der Waals surface area contributed by atoms with Crippen LogP contribution in [0.2, 0.25) is 0 Å². The summed E-state index contributed by atoms with van der Waals surface area (Å²) in [5.41, 5.74) is 4.84. The molecular weight excluding hydrogens is 412 g/mol. The molecule has 2 aromatic rings. The highest BCUT2D eigenvalue weighted by Gasteiger charge is 2.46. The SMILES string of the molecule is O=c1oc2c(CN3CCCC4=CC5CC(CN6CCCCC56)C43)c(O)ccc2c2c1CCC2. The molecule has 5 heteroatoms. The Morgan fingerprint density at radius 1 is 1.03 bits per heavy atom. The lowest BCUT2D eigenvalue weighted by Gasteiger charge is -2.54. The lowest BCUT2D eigenvalue weighted by Crippen LogP contribution is -2.59. The molecule has 4 atom stereocenters. The number of rotatable bonds is 2. The van der Waals surface area contributed by atoms with Crippen molar-refractivity contribution < 1.29 is 9.52 Å². The summed E-state index contributed by atoms with van der Waals surface area (Å²) < 4.78 is 5.88. The molecule has 5 aliphatic rings. The topological polar surface area (TPSA) is 56.9 Å². The molecule has 1 aromatic heterocycles. The fraction of sp³-hybridized carbons (Fsp3) is 0.607. The first-order chi connectivity index (χ1) is 16.2. The normalized spacial score (nSPS) is 31.7. The van der Waals surface area contributed by atoms with Crippen LogP contribution in [0, 0.1) is 11.8 Å². The van der Waals surface area contributed by atoms with E-state index < -0.39 is 0 Å². The van der Waals surface area contributed by atoms with Gasteiger partial charge in [0.2, 0.25) is 0 Å². The van der Waals surface area contributed by atoms with Crippen LogP contribution in [0.5, 0.6) is 5.75 Å². The van der Waals surface area contributed by atoms with Crippen LogP contribution in [0.3, 0.4) is 0 Å². The third-order valence-corrected chi connectivity index (χ3v) is 9.34. The zero-order chi connectivity index (χ0) is 22.1. The number of hydrogen-bond acceptors (Lipinski definition) is 5. The van der Waals surface area contributed by atoms with Crippen molar-refractivity contribution in [3.8, 4) is 5.75 Å². The molecular formula is C28H34N2O3. The summed E-state index contributed by atoms with van der Waals surface area (Å²) in [6.45, 7) is 4.16. The summed E-state index contributed by atoms with van der Waals surface area (Å²) in [5.74, 6) is 1.65. The van der Waals surface area contributed by atoms with Crippen molar-refractivity contribution in [3.63, 3.8) is 0 Å². The van der Waals surface area contributed by atoms with Gasteiger partial charge in [0.25, 0.3) is 0 Å². The van der Waals surface area contributed by atoms with Crippen LogP contribution in [0.4, 0.5) is 0 Å². The monoisotopic (exact) mass is 446 g/mol. The molecule has 5 nitrogen and oxygen atoms in total. The molecule has 0 saturated carbocycles. The Hall–Kier alpha value is -2.11. The maximum atomic E-state index is 12.7. The van der Waals surface area contributed by atoms with Gasteiger partial charge in [-0.15, -0.1) is 0 Å². The van der Waals surface area contributed by atoms with Crippen molar-refractivity contribution >= 4 is 11.0 Å². The number of aromatic hydroxyl groups is 1. The molecule has 0 amide bonds. The van der Waals surface area contributed by atoms with Crippen LogP contribution in [0.25, 0.3) is 11.0 Å². The minimum absolute atomic E-state index is 0.204. The Kier molecular flexibility index (Phi) is 4.74. The van der Waals surface area contributed by atoms with E-state index in [1.54, 1.807) is 5.57 Å². The number of benzene rings is 1. The third kappa shape index (κ3) is 3.15. The predicted molar refractivity (Wildman–Crippen MR) is 128 cm³/mol. The smallest absolute Gasteiger partial charge is 0.339 e. The Balaban J connectivity index is 1.27. The van der Waals surface area contributed by atoms with Crippen molar-refractivity contribution in [1.82, 2.24) is 9.80 Å². The lowest BCUT2D eigenvalue weighted by atomic mass is 9.68. The average Bonchev–Trinajstić information content (AvgIpc) is 3.32. The van der Waals surface area contributed by atoms with Crippen LogP contribution in [-0.4, -0.2) is 46.6 Å². The number of aryl methyl sites for hydroxylation is 1. The van der Waals surface area contributed by atoms with E-state index in [9.17, 15) is 9.90 Å². The second-order valence-corrected chi connectivity index (χ2v) is 11.1. The van der Waals surface area contributed by atoms with E-state index in [2.05, 4.69) is 15.9 Å². The highest BCUT2D eigenvalue weighted by atomic mass is 16.4. The van der Waals surface area contributed by atoms with Gasteiger partial charge in [0.05, 0.1) is 5.56 Å². The van der Waals surface area contributed by atoms with Gasteiger partial charge in [0, 0.05) is 36.1 Å². The first-order valence-electron chi connectivity index (χ1n) is 13.2. The summed E-state index contributed by atoms with van der Waals surface area (Å²) in [4.78, 5) is 18.1. The fourth-order valence-corrected chi connectivity index (χ4v) is 8.01. The largest absolute Gasteiger partial charge is 0.507 e. The van der Waals surface area contributed by atoms with Crippen molar-refractivity contribution in [3.05, 3.63) is 50.9 Å². The number of phenols is 1. The zero-order valence-electron chi connectivity index (χ0n) is 19.4. The number of nitrogens with zero attached hydrogens (tertiary/aromatic N) is 2. The summed E-state index contributed by atoms with van der Waals surface area (Å²) in [6, 6.07) is 4.98. The number of likely N-dealkylation sites (tertiary alicyclic amines) is 1. The molecule has 1 N–H and O–H groups in total. The van der Waals surface area contributed by atoms with E-state index in [1.807, 2.05) is 12.1 Å². The highest BCUT2D eigenvalue weighted by molar-refractivity contribution is 5.86. The van der Waals surface area contributed by atoms with E-state index in [1.165, 1.54) is 51.6 Å². The van der Waals surface area contributed by atoms with Crippen LogP contribution < -0.4 is 5.63 Å². The highest BCUT2D eigenvalue weighted by Crippen LogP contribution is 2.46. The Labute approximate surface area is 195 Å². The van der Waals surface area contributed by atoms with Crippen LogP contribution in [0.15, 0.2) is 33.0 Å². The van der Waals surface area contributed by atoms with Gasteiger partial charge in [-0.1, -0.05) is 18.1 Å². The van der Waals surface area contributed by atoms with Crippen LogP contribution in [-0.2, 0) is 19.4 Å². The molecule has 1 aromatic carbocycles. The lowest BCUT2D eigenvalue weighted by molar-refractivity contribution is -0.00274. The molecule has 4 heterocycles. The zero-order valence-corrected chi connectivity index (χ0v) is 19.4. The van der Waals surface area contributed by atoms with Crippen molar-refractivity contribution in [2.75, 3.05) is 19.6 Å². The molecule has 3 saturated heterocycles. The second-order valence-electron chi connectivity index (χ2n) is 11.1. The second kappa shape index (κ2) is 7.71. The maximum Gasteiger partial charge on any atom is 0.339 e. The Morgan fingerprint density at radius 3 is 2.88 bits per heavy atom. The van der Waals surface area contributed by atoms with E-state index in [4.69, 9.17) is 4.42 Å². The van der Waals surface area contributed by atoms with Crippen molar-refractivity contribution in [2.24, 2.45) is 11.8 Å². The van der Waals surface area contributed by atoms with Crippen LogP contribution >= 0.6 is 0 Å². The number of fused-ring (bicyclic) bond motifs is 9. The molecule has 2 aliphatic carbocycles. The predicted octanol–water partition coefficient (Wildman–Crippen LogP) is 4.38. The van der Waals surface area contributed by atoms with E-state index >= 15 is 0 Å². The van der Waals surface area contributed by atoms with Gasteiger partial charge in [-0.3, -0.25) is 9.80 Å². The summed E-state index contributed by atoms with van der Waals surface area (Å²) >= 11 is 0. The van der Waals surface area contributed by atoms with Gasteiger partial charge in [0.15, 0.2) is 0 Å². The number of piperidine rings is 3. The number of hydrogen-bond donors (Lipinski definition) is 1. The van der Waals surface area contributed by atoms with Gasteiger partial charge in [0.1, 0.15) is 11.3 Å². The molecule has 0 spiro atoms. The van der Waals surface area contributed by atoms with Gasteiger partial charge in [-0.25, -0.2) is 4.79 Å². The fourth-order valence-electron chi connectivity index (χ4n) is 8.01. The molecule has 4 unspecified atom stereocenters. The summed E-state index contributed by atoms with van der Waals surface area (Å²) in [7, 11) is 0. The van der Waals surface area contributed by atoms with Gasteiger partial charge in [-0.2, -0.15) is 0 Å². The first kappa shape index (κ1) is 20.3. The quantitative estimate of drug-likeness (QED) is 0.548. The molecule has 3 fully saturated rings. The minimum atomic E-state index is -0.204. The molecule has 0 radical (unpaired) electrons. The Bertz CT molecular complexity index is 1200. The van der Waals surface area contributed by atoms with Crippen LogP contribution in [0.1, 0.15) is 61.6 Å². The van der Waals surface area contributed by atoms with Gasteiger partial charge in [-0.05, 0) is 94.0 Å². The van der Waals surface area contributed by atoms with Crippen molar-refractivity contribution in [2.45, 2.75) is 76.4 Å². The van der Waals surface area contributed by atoms with E-state index in [-0.39, 0.29) is 11.4 Å². The van der Waals surface area contributed by atoms with Gasteiger partial charge < -0.3 is 9.52 Å². The first-order valence-corrected chi connectivity index (χ1v) is 13.2. The molecule has 2 bridgehead atoms. The summed E-state index contributed by atoms with van der Waals surface area (Å²) in [6.07, 6.45) is 13.2.